The Balaban J connectivity index is 3.26. The Morgan fingerprint density at radius 3 is 2.06 bits per heavy atom. The Labute approximate surface area is 203 Å². The van der Waals surface area contributed by atoms with Crippen molar-refractivity contribution in [2.45, 2.75) is 84.0 Å². The van der Waals surface area contributed by atoms with Crippen LogP contribution in [-0.4, -0.2) is 67.3 Å². The Morgan fingerprint density at radius 2 is 1.60 bits per heavy atom. The molecule has 1 saturated heterocycles. The standard InChI is InChI=1S/C18H31N3O12P2/c1-5-7-9-27-35(26,28-10-8-6-2)29-11-14-16(30-12(3)22)17(31-13(4)23)15(20-21-19)18(32-14)33-34(24)25/h14-18H,5-11H2,1-4H3/p+1/t14?,15?,16-,17-,18-/m1/s1. The van der Waals surface area contributed by atoms with Crippen LogP contribution in [0.1, 0.15) is 53.4 Å². The van der Waals surface area contributed by atoms with Gasteiger partial charge in [0.15, 0.2) is 12.2 Å². The molecule has 1 rings (SSSR count). The molecule has 1 fully saturated rings. The van der Waals surface area contributed by atoms with Crippen LogP contribution in [0.5, 0.6) is 0 Å². The number of azide groups is 1. The van der Waals surface area contributed by atoms with Crippen LogP contribution in [-0.2, 0) is 51.0 Å². The zero-order valence-corrected chi connectivity index (χ0v) is 21.8. The summed E-state index contributed by atoms with van der Waals surface area (Å²) in [6, 6.07) is -1.51. The van der Waals surface area contributed by atoms with Crippen molar-refractivity contribution in [1.82, 2.24) is 0 Å². The van der Waals surface area contributed by atoms with E-state index in [1.165, 1.54) is 0 Å². The van der Waals surface area contributed by atoms with Crippen molar-refractivity contribution in [1.29, 1.82) is 0 Å². The minimum absolute atomic E-state index is 0.0879. The first-order chi connectivity index (χ1) is 16.6. The number of carbonyl (C=O) groups excluding carboxylic acids is 2. The van der Waals surface area contributed by atoms with E-state index in [0.717, 1.165) is 26.7 Å². The zero-order chi connectivity index (χ0) is 26.4. The van der Waals surface area contributed by atoms with Crippen molar-refractivity contribution in [3.8, 4) is 0 Å². The van der Waals surface area contributed by atoms with Gasteiger partial charge in [0, 0.05) is 23.3 Å². The number of esters is 2. The second-order valence-electron chi connectivity index (χ2n) is 7.35. The van der Waals surface area contributed by atoms with E-state index in [1.54, 1.807) is 0 Å². The molecule has 0 aromatic rings. The summed E-state index contributed by atoms with van der Waals surface area (Å²) < 4.78 is 61.4. The van der Waals surface area contributed by atoms with Crippen molar-refractivity contribution >= 4 is 28.0 Å². The number of phosphoric ester groups is 1. The van der Waals surface area contributed by atoms with Crippen LogP contribution in [0.4, 0.5) is 0 Å². The first-order valence-corrected chi connectivity index (χ1v) is 13.6. The highest BCUT2D eigenvalue weighted by atomic mass is 31.2. The van der Waals surface area contributed by atoms with Crippen LogP contribution >= 0.6 is 16.1 Å². The topological polar surface area (TPSA) is 202 Å². The number of phosphoric acid groups is 1. The van der Waals surface area contributed by atoms with Gasteiger partial charge in [-0.05, 0) is 18.4 Å². The molecule has 17 heteroatoms. The maximum Gasteiger partial charge on any atom is 0.697 e. The Morgan fingerprint density at radius 1 is 1.06 bits per heavy atom. The van der Waals surface area contributed by atoms with Gasteiger partial charge in [0.1, 0.15) is 12.1 Å². The lowest BCUT2D eigenvalue weighted by Gasteiger charge is -2.41. The molecular weight excluding hydrogens is 512 g/mol. The van der Waals surface area contributed by atoms with Crippen LogP contribution in [0.15, 0.2) is 5.11 Å². The van der Waals surface area contributed by atoms with Crippen molar-refractivity contribution in [2.75, 3.05) is 19.8 Å². The second-order valence-corrected chi connectivity index (χ2v) is 9.70. The van der Waals surface area contributed by atoms with Gasteiger partial charge < -0.3 is 14.2 Å². The molecule has 0 amide bonds. The second kappa shape index (κ2) is 16.2. The summed E-state index contributed by atoms with van der Waals surface area (Å²) >= 11 is 0. The fourth-order valence-corrected chi connectivity index (χ4v) is 4.57. The van der Waals surface area contributed by atoms with E-state index in [9.17, 15) is 23.6 Å². The van der Waals surface area contributed by atoms with E-state index in [2.05, 4.69) is 10.0 Å². The quantitative estimate of drug-likeness (QED) is 0.0738. The van der Waals surface area contributed by atoms with E-state index in [4.69, 9.17) is 37.8 Å². The summed E-state index contributed by atoms with van der Waals surface area (Å²) in [5.41, 5.74) is 8.94. The lowest BCUT2D eigenvalue weighted by Crippen LogP contribution is -2.60. The molecule has 0 bridgehead atoms. The average Bonchev–Trinajstić information content (AvgIpc) is 2.76. The molecule has 1 N–H and O–H groups in total. The summed E-state index contributed by atoms with van der Waals surface area (Å²) in [6.45, 7) is 5.54. The van der Waals surface area contributed by atoms with Crippen molar-refractivity contribution < 1.29 is 55.9 Å². The van der Waals surface area contributed by atoms with Gasteiger partial charge in [-0.25, -0.2) is 4.57 Å². The number of nitrogens with zero attached hydrogens (tertiary/aromatic N) is 3. The van der Waals surface area contributed by atoms with Gasteiger partial charge in [-0.2, -0.15) is 0 Å². The zero-order valence-electron chi connectivity index (χ0n) is 20.0. The van der Waals surface area contributed by atoms with E-state index in [0.29, 0.717) is 12.8 Å². The lowest BCUT2D eigenvalue weighted by atomic mass is 9.97. The summed E-state index contributed by atoms with van der Waals surface area (Å²) in [6.07, 6.45) is -3.28. The molecule has 0 aromatic heterocycles. The molecule has 1 aliphatic rings. The number of rotatable bonds is 16. The molecule has 35 heavy (non-hydrogen) atoms. The molecule has 0 radical (unpaired) electrons. The molecule has 15 nitrogen and oxygen atoms in total. The van der Waals surface area contributed by atoms with Gasteiger partial charge in [-0.15, -0.1) is 4.89 Å². The lowest BCUT2D eigenvalue weighted by molar-refractivity contribution is -0.250. The van der Waals surface area contributed by atoms with E-state index < -0.39 is 65.3 Å². The third-order valence-electron chi connectivity index (χ3n) is 4.49. The average molecular weight is 544 g/mol. The SMILES string of the molecule is CCCCOP(=O)(OCCCC)OCC1O[C@H](O[P+](=O)O)C(N=[N+]=[N-])[C@@H](OC(C)=O)[C@@H]1OC(C)=O. The highest BCUT2D eigenvalue weighted by molar-refractivity contribution is 7.48. The maximum atomic E-state index is 13.1. The number of hydrogen-bond donors (Lipinski definition) is 1. The van der Waals surface area contributed by atoms with Crippen molar-refractivity contribution in [3.63, 3.8) is 0 Å². The highest BCUT2D eigenvalue weighted by Gasteiger charge is 2.53. The number of ether oxygens (including phenoxy) is 3. The van der Waals surface area contributed by atoms with Crippen LogP contribution in [0.3, 0.4) is 0 Å². The number of hydrogen-bond acceptors (Lipinski definition) is 12. The molecule has 0 saturated carbocycles. The van der Waals surface area contributed by atoms with Crippen molar-refractivity contribution in [2.24, 2.45) is 5.11 Å². The third kappa shape index (κ3) is 11.3. The van der Waals surface area contributed by atoms with Gasteiger partial charge in [-0.1, -0.05) is 36.3 Å². The molecular formula is C18H32N3O12P2+. The smallest absolute Gasteiger partial charge is 0.458 e. The van der Waals surface area contributed by atoms with E-state index in [1.807, 2.05) is 13.8 Å². The molecule has 1 heterocycles. The third-order valence-corrected chi connectivity index (χ3v) is 6.34. The molecule has 3 unspecified atom stereocenters. The van der Waals surface area contributed by atoms with Crippen LogP contribution in [0.2, 0.25) is 0 Å². The Hall–Kier alpha value is -1.66. The van der Waals surface area contributed by atoms with Gasteiger partial charge in [0.2, 0.25) is 6.29 Å². The Bertz CT molecular complexity index is 796. The normalized spacial score (nSPS) is 24.8. The monoisotopic (exact) mass is 544 g/mol. The number of unbranched alkanes of at least 4 members (excludes halogenated alkanes) is 2. The molecule has 6 atom stereocenters. The molecule has 0 spiro atoms. The molecule has 1 aliphatic heterocycles. The minimum atomic E-state index is -4.09. The predicted molar refractivity (Wildman–Crippen MR) is 119 cm³/mol. The molecule has 0 aliphatic carbocycles. The fraction of sp³-hybridized carbons (Fsp3) is 0.889. The summed E-state index contributed by atoms with van der Waals surface area (Å²) in [7, 11) is -7.34. The summed E-state index contributed by atoms with van der Waals surface area (Å²) in [4.78, 5) is 35.4. The van der Waals surface area contributed by atoms with Gasteiger partial charge in [-0.3, -0.25) is 23.2 Å². The summed E-state index contributed by atoms with van der Waals surface area (Å²) in [5, 5.41) is 3.43. The minimum Gasteiger partial charge on any atom is -0.458 e. The van der Waals surface area contributed by atoms with E-state index >= 15 is 0 Å². The van der Waals surface area contributed by atoms with Crippen molar-refractivity contribution in [3.05, 3.63) is 10.4 Å². The van der Waals surface area contributed by atoms with E-state index in [-0.39, 0.29) is 13.2 Å². The highest BCUT2D eigenvalue weighted by Crippen LogP contribution is 2.50. The van der Waals surface area contributed by atoms with Gasteiger partial charge in [0.05, 0.1) is 19.8 Å². The fourth-order valence-electron chi connectivity index (χ4n) is 2.96. The van der Waals surface area contributed by atoms with Gasteiger partial charge in [0.25, 0.3) is 0 Å². The van der Waals surface area contributed by atoms with Crippen LogP contribution in [0.25, 0.3) is 10.4 Å². The first kappa shape index (κ1) is 31.4. The van der Waals surface area contributed by atoms with Crippen LogP contribution < -0.4 is 0 Å². The Kier molecular flexibility index (Phi) is 14.5. The maximum absolute atomic E-state index is 13.1. The number of carbonyl (C=O) groups is 2. The largest absolute Gasteiger partial charge is 0.697 e. The summed E-state index contributed by atoms with van der Waals surface area (Å²) in [5.74, 6) is -1.65. The predicted octanol–water partition coefficient (Wildman–Crippen LogP) is 3.68. The first-order valence-electron chi connectivity index (χ1n) is 11.0. The van der Waals surface area contributed by atoms with Crippen LogP contribution in [0, 0.1) is 0 Å². The van der Waals surface area contributed by atoms with Gasteiger partial charge >= 0.3 is 28.0 Å². The molecule has 200 valence electrons. The molecule has 0 aromatic carbocycles.